The molecule has 0 aliphatic carbocycles. The van der Waals surface area contributed by atoms with Crippen LogP contribution in [-0.4, -0.2) is 10.0 Å². The monoisotopic (exact) mass is 263 g/mol. The molecule has 0 aliphatic heterocycles. The standard InChI is InChI=1S/C13H10FNO4/c14-10-6-7-11(15(17)18)12(16)13(10)19-8-9-4-2-1-3-5-9/h1-7,16H,8H2. The molecule has 0 radical (unpaired) electrons. The van der Waals surface area contributed by atoms with Crippen LogP contribution in [0.5, 0.6) is 11.5 Å². The van der Waals surface area contributed by atoms with Gasteiger partial charge in [-0.2, -0.15) is 0 Å². The minimum atomic E-state index is -0.848. The van der Waals surface area contributed by atoms with Gasteiger partial charge in [0.1, 0.15) is 6.61 Å². The molecule has 0 amide bonds. The molecule has 0 spiro atoms. The predicted molar refractivity (Wildman–Crippen MR) is 65.5 cm³/mol. The van der Waals surface area contributed by atoms with Crippen molar-refractivity contribution in [1.82, 2.24) is 0 Å². The second kappa shape index (κ2) is 5.34. The van der Waals surface area contributed by atoms with E-state index in [0.717, 1.165) is 17.7 Å². The molecule has 2 aromatic rings. The van der Waals surface area contributed by atoms with Gasteiger partial charge in [0.25, 0.3) is 0 Å². The van der Waals surface area contributed by atoms with E-state index in [1.54, 1.807) is 24.3 Å². The lowest BCUT2D eigenvalue weighted by molar-refractivity contribution is -0.386. The summed E-state index contributed by atoms with van der Waals surface area (Å²) in [7, 11) is 0. The molecule has 1 N–H and O–H groups in total. The quantitative estimate of drug-likeness (QED) is 0.679. The third-order valence-corrected chi connectivity index (χ3v) is 2.48. The Kier molecular flexibility index (Phi) is 3.61. The van der Waals surface area contributed by atoms with Crippen LogP contribution in [0, 0.1) is 15.9 Å². The first-order valence-electron chi connectivity index (χ1n) is 5.42. The van der Waals surface area contributed by atoms with Crippen LogP contribution in [0.25, 0.3) is 0 Å². The fourth-order valence-electron chi connectivity index (χ4n) is 1.55. The van der Waals surface area contributed by atoms with Crippen molar-refractivity contribution in [3.8, 4) is 11.5 Å². The van der Waals surface area contributed by atoms with Gasteiger partial charge in [-0.15, -0.1) is 0 Å². The van der Waals surface area contributed by atoms with Crippen LogP contribution in [0.15, 0.2) is 42.5 Å². The molecular weight excluding hydrogens is 253 g/mol. The van der Waals surface area contributed by atoms with Crippen LogP contribution >= 0.6 is 0 Å². The van der Waals surface area contributed by atoms with Gasteiger partial charge in [0.2, 0.25) is 11.5 Å². The van der Waals surface area contributed by atoms with Gasteiger partial charge in [-0.1, -0.05) is 30.3 Å². The van der Waals surface area contributed by atoms with Gasteiger partial charge in [-0.25, -0.2) is 4.39 Å². The number of ether oxygens (including phenoxy) is 1. The maximum absolute atomic E-state index is 13.5. The highest BCUT2D eigenvalue weighted by Crippen LogP contribution is 2.38. The molecule has 5 nitrogen and oxygen atoms in total. The summed E-state index contributed by atoms with van der Waals surface area (Å²) in [6, 6.07) is 10.7. The van der Waals surface area contributed by atoms with Gasteiger partial charge in [0.15, 0.2) is 5.82 Å². The third kappa shape index (κ3) is 2.79. The smallest absolute Gasteiger partial charge is 0.314 e. The zero-order valence-electron chi connectivity index (χ0n) is 9.75. The minimum Gasteiger partial charge on any atom is -0.499 e. The van der Waals surface area contributed by atoms with Crippen molar-refractivity contribution in [1.29, 1.82) is 0 Å². The lowest BCUT2D eigenvalue weighted by Crippen LogP contribution is -1.99. The van der Waals surface area contributed by atoms with E-state index >= 15 is 0 Å². The van der Waals surface area contributed by atoms with Crippen molar-refractivity contribution < 1.29 is 19.2 Å². The molecule has 6 heteroatoms. The van der Waals surface area contributed by atoms with Gasteiger partial charge in [0, 0.05) is 6.07 Å². The minimum absolute atomic E-state index is 0.00644. The molecule has 2 aromatic carbocycles. The maximum Gasteiger partial charge on any atom is 0.314 e. The Morgan fingerprint density at radius 2 is 1.89 bits per heavy atom. The average Bonchev–Trinajstić information content (AvgIpc) is 2.39. The summed E-state index contributed by atoms with van der Waals surface area (Å²) in [5.41, 5.74) is 0.164. The van der Waals surface area contributed by atoms with E-state index in [9.17, 15) is 19.6 Å². The summed E-state index contributed by atoms with van der Waals surface area (Å²) in [5.74, 6) is -2.17. The number of nitrogens with zero attached hydrogens (tertiary/aromatic N) is 1. The highest BCUT2D eigenvalue weighted by Gasteiger charge is 2.21. The Morgan fingerprint density at radius 1 is 1.21 bits per heavy atom. The molecule has 0 aliphatic rings. The number of halogens is 1. The molecule has 0 saturated heterocycles. The van der Waals surface area contributed by atoms with E-state index in [4.69, 9.17) is 4.74 Å². The fourth-order valence-corrected chi connectivity index (χ4v) is 1.55. The molecule has 0 atom stereocenters. The molecule has 0 heterocycles. The highest BCUT2D eigenvalue weighted by atomic mass is 19.1. The number of benzene rings is 2. The Bertz CT molecular complexity index is 601. The number of hydrogen-bond donors (Lipinski definition) is 1. The Morgan fingerprint density at radius 3 is 2.53 bits per heavy atom. The lowest BCUT2D eigenvalue weighted by Gasteiger charge is -2.09. The van der Waals surface area contributed by atoms with Crippen molar-refractivity contribution in [3.63, 3.8) is 0 Å². The van der Waals surface area contributed by atoms with Crippen LogP contribution in [-0.2, 0) is 6.61 Å². The summed E-state index contributed by atoms with van der Waals surface area (Å²) in [6.07, 6.45) is 0. The zero-order chi connectivity index (χ0) is 13.8. The van der Waals surface area contributed by atoms with Crippen molar-refractivity contribution in [3.05, 3.63) is 64.0 Å². The number of nitro groups is 1. The first-order valence-corrected chi connectivity index (χ1v) is 5.42. The van der Waals surface area contributed by atoms with Gasteiger partial charge in [-0.3, -0.25) is 10.1 Å². The van der Waals surface area contributed by atoms with E-state index in [1.165, 1.54) is 0 Å². The molecule has 0 bridgehead atoms. The average molecular weight is 263 g/mol. The first-order chi connectivity index (χ1) is 9.09. The van der Waals surface area contributed by atoms with Crippen molar-refractivity contribution in [2.45, 2.75) is 6.61 Å². The van der Waals surface area contributed by atoms with Gasteiger partial charge < -0.3 is 9.84 Å². The predicted octanol–water partition coefficient (Wildman–Crippen LogP) is 3.02. The van der Waals surface area contributed by atoms with Crippen LogP contribution < -0.4 is 4.74 Å². The summed E-state index contributed by atoms with van der Waals surface area (Å²) in [6.45, 7) is 0.00644. The number of aromatic hydroxyl groups is 1. The Labute approximate surface area is 108 Å². The van der Waals surface area contributed by atoms with Gasteiger partial charge >= 0.3 is 5.69 Å². The number of phenolic OH excluding ortho intramolecular Hbond substituents is 1. The SMILES string of the molecule is O=[N+]([O-])c1ccc(F)c(OCc2ccccc2)c1O. The fraction of sp³-hybridized carbons (Fsp3) is 0.0769. The topological polar surface area (TPSA) is 72.6 Å². The number of hydrogen-bond acceptors (Lipinski definition) is 4. The van der Waals surface area contributed by atoms with Crippen molar-refractivity contribution in [2.24, 2.45) is 0 Å². The van der Waals surface area contributed by atoms with Crippen molar-refractivity contribution in [2.75, 3.05) is 0 Å². The Balaban J connectivity index is 2.25. The summed E-state index contributed by atoms with van der Waals surface area (Å²) in [5, 5.41) is 20.2. The zero-order valence-corrected chi connectivity index (χ0v) is 9.75. The molecule has 98 valence electrons. The van der Waals surface area contributed by atoms with Crippen LogP contribution in [0.3, 0.4) is 0 Å². The van der Waals surface area contributed by atoms with Crippen molar-refractivity contribution >= 4 is 5.69 Å². The molecule has 0 aromatic heterocycles. The number of rotatable bonds is 4. The normalized spacial score (nSPS) is 10.2. The molecule has 0 unspecified atom stereocenters. The van der Waals surface area contributed by atoms with E-state index in [1.807, 2.05) is 6.07 Å². The van der Waals surface area contributed by atoms with E-state index in [2.05, 4.69) is 0 Å². The van der Waals surface area contributed by atoms with E-state index in [-0.39, 0.29) is 6.61 Å². The van der Waals surface area contributed by atoms with Gasteiger partial charge in [0.05, 0.1) is 4.92 Å². The highest BCUT2D eigenvalue weighted by molar-refractivity contribution is 5.55. The Hall–Kier alpha value is -2.63. The third-order valence-electron chi connectivity index (χ3n) is 2.48. The lowest BCUT2D eigenvalue weighted by atomic mass is 10.2. The first kappa shape index (κ1) is 12.8. The molecular formula is C13H10FNO4. The maximum atomic E-state index is 13.5. The van der Waals surface area contributed by atoms with E-state index in [0.29, 0.717) is 0 Å². The van der Waals surface area contributed by atoms with Crippen LogP contribution in [0.4, 0.5) is 10.1 Å². The summed E-state index contributed by atoms with van der Waals surface area (Å²) >= 11 is 0. The molecule has 2 rings (SSSR count). The molecule has 0 saturated carbocycles. The van der Waals surface area contributed by atoms with Crippen LogP contribution in [0.1, 0.15) is 5.56 Å². The van der Waals surface area contributed by atoms with E-state index < -0.39 is 27.9 Å². The number of phenols is 1. The second-order valence-corrected chi connectivity index (χ2v) is 3.78. The summed E-state index contributed by atoms with van der Waals surface area (Å²) < 4.78 is 18.6. The second-order valence-electron chi connectivity index (χ2n) is 3.78. The van der Waals surface area contributed by atoms with Gasteiger partial charge in [-0.05, 0) is 11.6 Å². The molecule has 19 heavy (non-hydrogen) atoms. The van der Waals surface area contributed by atoms with Crippen LogP contribution in [0.2, 0.25) is 0 Å². The summed E-state index contributed by atoms with van der Waals surface area (Å²) in [4.78, 5) is 9.83. The number of nitro benzene ring substituents is 1. The molecule has 0 fully saturated rings. The largest absolute Gasteiger partial charge is 0.499 e.